The minimum Gasteiger partial charge on any atom is -0.510 e. The van der Waals surface area contributed by atoms with Gasteiger partial charge in [-0.25, -0.2) is 13.8 Å². The smallest absolute Gasteiger partial charge is 0.159 e. The Balaban J connectivity index is 1.44. The Labute approximate surface area is 170 Å². The van der Waals surface area contributed by atoms with Crippen LogP contribution in [0.25, 0.3) is 16.8 Å². The molecule has 3 aromatic rings. The summed E-state index contributed by atoms with van der Waals surface area (Å²) in [5.74, 6) is -1.57. The first-order valence-corrected chi connectivity index (χ1v) is 10.2. The van der Waals surface area contributed by atoms with Gasteiger partial charge in [0.25, 0.3) is 0 Å². The van der Waals surface area contributed by atoms with Gasteiger partial charge in [0.2, 0.25) is 0 Å². The molecule has 0 radical (unpaired) electrons. The minimum absolute atomic E-state index is 0.0849. The summed E-state index contributed by atoms with van der Waals surface area (Å²) < 4.78 is 26.7. The molecule has 7 heteroatoms. The van der Waals surface area contributed by atoms with Crippen LogP contribution in [0.1, 0.15) is 22.6 Å². The summed E-state index contributed by atoms with van der Waals surface area (Å²) in [6.45, 7) is 0.215. The van der Waals surface area contributed by atoms with Crippen LogP contribution >= 0.6 is 11.3 Å². The maximum Gasteiger partial charge on any atom is 0.159 e. The Morgan fingerprint density at radius 3 is 2.69 bits per heavy atom. The molecule has 2 heterocycles. The molecule has 146 valence electrons. The van der Waals surface area contributed by atoms with Crippen molar-refractivity contribution in [2.24, 2.45) is 0 Å². The molecule has 1 aliphatic carbocycles. The molecule has 0 saturated heterocycles. The summed E-state index contributed by atoms with van der Waals surface area (Å²) in [7, 11) is 0. The van der Waals surface area contributed by atoms with Crippen LogP contribution in [0.5, 0.6) is 0 Å². The number of nitrogens with one attached hydrogen (secondary N) is 1. The van der Waals surface area contributed by atoms with Gasteiger partial charge in [-0.2, -0.15) is 0 Å². The highest BCUT2D eigenvalue weighted by Crippen LogP contribution is 2.36. The number of aromatic nitrogens is 1. The molecule has 0 spiro atoms. The normalized spacial score (nSPS) is 16.1. The molecule has 5 rings (SSSR count). The SMILES string of the molecule is N=C1C(c2nc(-c3ccc(F)c(F)c3)cs2)=C(O)CN1c1ccc2c(c1)CCC2. The van der Waals surface area contributed by atoms with Gasteiger partial charge in [-0.15, -0.1) is 11.3 Å². The fraction of sp³-hybridized carbons (Fsp3) is 0.182. The monoisotopic (exact) mass is 409 g/mol. The zero-order valence-electron chi connectivity index (χ0n) is 15.4. The highest BCUT2D eigenvalue weighted by molar-refractivity contribution is 7.11. The summed E-state index contributed by atoms with van der Waals surface area (Å²) in [6.07, 6.45) is 3.28. The largest absolute Gasteiger partial charge is 0.510 e. The van der Waals surface area contributed by atoms with E-state index in [1.54, 1.807) is 10.3 Å². The lowest BCUT2D eigenvalue weighted by Crippen LogP contribution is -2.26. The third-order valence-electron chi connectivity index (χ3n) is 5.43. The van der Waals surface area contributed by atoms with Crippen LogP contribution in [-0.2, 0) is 12.8 Å². The van der Waals surface area contributed by atoms with Crippen molar-refractivity contribution in [1.29, 1.82) is 5.41 Å². The Morgan fingerprint density at radius 2 is 1.86 bits per heavy atom. The van der Waals surface area contributed by atoms with E-state index in [4.69, 9.17) is 5.41 Å². The zero-order valence-corrected chi connectivity index (χ0v) is 16.2. The van der Waals surface area contributed by atoms with Gasteiger partial charge < -0.3 is 10.0 Å². The van der Waals surface area contributed by atoms with E-state index in [9.17, 15) is 13.9 Å². The average Bonchev–Trinajstić information content (AvgIpc) is 3.42. The molecule has 2 aromatic carbocycles. The maximum atomic E-state index is 13.5. The topological polar surface area (TPSA) is 60.2 Å². The number of aliphatic hydroxyl groups excluding tert-OH is 1. The number of benzene rings is 2. The summed E-state index contributed by atoms with van der Waals surface area (Å²) in [5.41, 5.74) is 4.85. The fourth-order valence-corrected chi connectivity index (χ4v) is 4.82. The number of hydrogen-bond acceptors (Lipinski definition) is 4. The second-order valence-corrected chi connectivity index (χ2v) is 8.09. The Kier molecular flexibility index (Phi) is 4.20. The van der Waals surface area contributed by atoms with Crippen LogP contribution in [0, 0.1) is 17.0 Å². The predicted molar refractivity (Wildman–Crippen MR) is 111 cm³/mol. The molecule has 0 amide bonds. The number of fused-ring (bicyclic) bond motifs is 1. The van der Waals surface area contributed by atoms with Crippen molar-refractivity contribution < 1.29 is 13.9 Å². The van der Waals surface area contributed by atoms with Gasteiger partial charge in [-0.1, -0.05) is 6.07 Å². The predicted octanol–water partition coefficient (Wildman–Crippen LogP) is 5.34. The van der Waals surface area contributed by atoms with E-state index in [2.05, 4.69) is 17.1 Å². The first kappa shape index (κ1) is 18.0. The number of aryl methyl sites for hydroxylation is 2. The molecule has 2 N–H and O–H groups in total. The number of anilines is 1. The number of aliphatic hydroxyl groups is 1. The quantitative estimate of drug-likeness (QED) is 0.614. The minimum atomic E-state index is -0.935. The Morgan fingerprint density at radius 1 is 1.03 bits per heavy atom. The summed E-state index contributed by atoms with van der Waals surface area (Å²) in [5, 5.41) is 21.4. The molecular formula is C22H17F2N3OS. The van der Waals surface area contributed by atoms with Gasteiger partial charge in [-0.3, -0.25) is 5.41 Å². The first-order valence-electron chi connectivity index (χ1n) is 9.33. The third kappa shape index (κ3) is 3.02. The first-order chi connectivity index (χ1) is 14.0. The lowest BCUT2D eigenvalue weighted by molar-refractivity contribution is 0.411. The van der Waals surface area contributed by atoms with Crippen molar-refractivity contribution in [1.82, 2.24) is 4.98 Å². The molecule has 1 aliphatic heterocycles. The molecule has 29 heavy (non-hydrogen) atoms. The van der Waals surface area contributed by atoms with E-state index in [1.165, 1.54) is 28.5 Å². The van der Waals surface area contributed by atoms with Gasteiger partial charge in [0.15, 0.2) is 11.6 Å². The van der Waals surface area contributed by atoms with Crippen LogP contribution in [-0.4, -0.2) is 22.5 Å². The average molecular weight is 409 g/mol. The molecule has 4 nitrogen and oxygen atoms in total. The van der Waals surface area contributed by atoms with E-state index in [0.29, 0.717) is 21.8 Å². The van der Waals surface area contributed by atoms with E-state index in [-0.39, 0.29) is 18.1 Å². The number of amidine groups is 1. The molecule has 2 aliphatic rings. The van der Waals surface area contributed by atoms with E-state index >= 15 is 0 Å². The summed E-state index contributed by atoms with van der Waals surface area (Å²) in [4.78, 5) is 6.23. The molecule has 1 aromatic heterocycles. The molecule has 0 fully saturated rings. The lowest BCUT2D eigenvalue weighted by Gasteiger charge is -2.19. The van der Waals surface area contributed by atoms with Crippen molar-refractivity contribution in [2.45, 2.75) is 19.3 Å². The number of nitrogens with zero attached hydrogens (tertiary/aromatic N) is 2. The summed E-state index contributed by atoms with van der Waals surface area (Å²) >= 11 is 1.26. The molecule has 0 bridgehead atoms. The molecular weight excluding hydrogens is 392 g/mol. The van der Waals surface area contributed by atoms with Crippen LogP contribution < -0.4 is 4.90 Å². The van der Waals surface area contributed by atoms with Crippen molar-refractivity contribution in [3.8, 4) is 11.3 Å². The van der Waals surface area contributed by atoms with Crippen molar-refractivity contribution in [3.63, 3.8) is 0 Å². The lowest BCUT2D eigenvalue weighted by atomic mass is 10.1. The van der Waals surface area contributed by atoms with E-state index < -0.39 is 11.6 Å². The van der Waals surface area contributed by atoms with Crippen LogP contribution in [0.2, 0.25) is 0 Å². The number of rotatable bonds is 3. The zero-order chi connectivity index (χ0) is 20.1. The molecule has 0 atom stereocenters. The number of thiazole rings is 1. The fourth-order valence-electron chi connectivity index (χ4n) is 3.93. The third-order valence-corrected chi connectivity index (χ3v) is 6.29. The second kappa shape index (κ2) is 6.77. The van der Waals surface area contributed by atoms with Gasteiger partial charge in [-0.05, 0) is 60.7 Å². The van der Waals surface area contributed by atoms with Crippen LogP contribution in [0.4, 0.5) is 14.5 Å². The maximum absolute atomic E-state index is 13.5. The number of halogens is 2. The van der Waals surface area contributed by atoms with Gasteiger partial charge in [0.05, 0.1) is 17.8 Å². The highest BCUT2D eigenvalue weighted by atomic mass is 32.1. The van der Waals surface area contributed by atoms with Gasteiger partial charge >= 0.3 is 0 Å². The van der Waals surface area contributed by atoms with Gasteiger partial charge in [0.1, 0.15) is 16.6 Å². The molecule has 0 unspecified atom stereocenters. The standard InChI is InChI=1S/C22H17F2N3OS/c23-16-7-5-14(9-17(16)24)18-11-29-22(26-18)20-19(28)10-27(21(20)25)15-6-4-12-2-1-3-13(12)8-15/h4-9,11,25,28H,1-3,10H2. The van der Waals surface area contributed by atoms with Gasteiger partial charge in [0, 0.05) is 16.6 Å². The Bertz CT molecular complexity index is 1180. The summed E-state index contributed by atoms with van der Waals surface area (Å²) in [6, 6.07) is 9.81. The van der Waals surface area contributed by atoms with Crippen molar-refractivity contribution in [2.75, 3.05) is 11.4 Å². The van der Waals surface area contributed by atoms with Crippen molar-refractivity contribution in [3.05, 3.63) is 75.3 Å². The Hall–Kier alpha value is -3.06. The second-order valence-electron chi connectivity index (χ2n) is 7.23. The van der Waals surface area contributed by atoms with Crippen LogP contribution in [0.3, 0.4) is 0 Å². The van der Waals surface area contributed by atoms with Crippen LogP contribution in [0.15, 0.2) is 47.5 Å². The number of hydrogen-bond donors (Lipinski definition) is 2. The highest BCUT2D eigenvalue weighted by Gasteiger charge is 2.31. The van der Waals surface area contributed by atoms with E-state index in [0.717, 1.165) is 37.1 Å². The van der Waals surface area contributed by atoms with Crippen molar-refractivity contribution >= 4 is 28.4 Å². The van der Waals surface area contributed by atoms with E-state index in [1.807, 2.05) is 6.07 Å². The molecule has 0 saturated carbocycles.